The number of aromatic nitrogens is 1. The van der Waals surface area contributed by atoms with E-state index in [0.29, 0.717) is 17.9 Å². The second kappa shape index (κ2) is 5.18. The van der Waals surface area contributed by atoms with Gasteiger partial charge in [-0.05, 0) is 23.8 Å². The lowest BCUT2D eigenvalue weighted by atomic mass is 10.2. The molecule has 5 N–H and O–H groups in total. The third-order valence-corrected chi connectivity index (χ3v) is 2.56. The number of pyridine rings is 1. The van der Waals surface area contributed by atoms with E-state index in [2.05, 4.69) is 10.3 Å². The molecular formula is C13H14N4O. The Morgan fingerprint density at radius 1 is 1.22 bits per heavy atom. The number of primary amides is 1. The number of carbonyl (C=O) groups is 1. The molecule has 5 nitrogen and oxygen atoms in total. The van der Waals surface area contributed by atoms with Gasteiger partial charge in [-0.1, -0.05) is 18.2 Å². The molecule has 5 heteroatoms. The van der Waals surface area contributed by atoms with Crippen LogP contribution < -0.4 is 16.8 Å². The van der Waals surface area contributed by atoms with Gasteiger partial charge in [0.2, 0.25) is 5.91 Å². The van der Waals surface area contributed by atoms with Crippen LogP contribution in [0.15, 0.2) is 42.6 Å². The third kappa shape index (κ3) is 2.76. The summed E-state index contributed by atoms with van der Waals surface area (Å²) in [5.41, 5.74) is 13.1. The first-order valence-corrected chi connectivity index (χ1v) is 5.50. The molecule has 0 saturated heterocycles. The zero-order valence-electron chi connectivity index (χ0n) is 9.76. The summed E-state index contributed by atoms with van der Waals surface area (Å²) in [6.45, 7) is 0.579. The van der Waals surface area contributed by atoms with Crippen LogP contribution in [0.2, 0.25) is 0 Å². The highest BCUT2D eigenvalue weighted by Gasteiger charge is 2.01. The molecule has 0 aliphatic carbocycles. The van der Waals surface area contributed by atoms with Crippen LogP contribution in [0.4, 0.5) is 11.5 Å². The molecule has 2 rings (SSSR count). The predicted molar refractivity (Wildman–Crippen MR) is 70.9 cm³/mol. The monoisotopic (exact) mass is 242 g/mol. The number of nitrogens with one attached hydrogen (secondary N) is 1. The second-order valence-corrected chi connectivity index (χ2v) is 3.85. The SMILES string of the molecule is NC(=O)c1ccc(NCc2ccccc2N)nc1. The van der Waals surface area contributed by atoms with Crippen molar-refractivity contribution in [2.24, 2.45) is 5.73 Å². The Labute approximate surface area is 105 Å². The minimum Gasteiger partial charge on any atom is -0.398 e. The van der Waals surface area contributed by atoms with Crippen molar-refractivity contribution >= 4 is 17.4 Å². The highest BCUT2D eigenvalue weighted by molar-refractivity contribution is 5.92. The highest BCUT2D eigenvalue weighted by atomic mass is 16.1. The molecule has 0 aliphatic rings. The van der Waals surface area contributed by atoms with Crippen molar-refractivity contribution in [2.45, 2.75) is 6.54 Å². The molecule has 0 fully saturated rings. The quantitative estimate of drug-likeness (QED) is 0.706. The Morgan fingerprint density at radius 2 is 2.00 bits per heavy atom. The summed E-state index contributed by atoms with van der Waals surface area (Å²) in [6.07, 6.45) is 1.44. The Morgan fingerprint density at radius 3 is 2.61 bits per heavy atom. The molecule has 2 aromatic rings. The van der Waals surface area contributed by atoms with Gasteiger partial charge in [-0.15, -0.1) is 0 Å². The zero-order chi connectivity index (χ0) is 13.0. The number of carbonyl (C=O) groups excluding carboxylic acids is 1. The average molecular weight is 242 g/mol. The molecule has 0 saturated carbocycles. The van der Waals surface area contributed by atoms with Gasteiger partial charge in [-0.2, -0.15) is 0 Å². The van der Waals surface area contributed by atoms with Crippen molar-refractivity contribution in [1.29, 1.82) is 0 Å². The fourth-order valence-corrected chi connectivity index (χ4v) is 1.53. The summed E-state index contributed by atoms with van der Waals surface area (Å²) in [5.74, 6) is 0.185. The number of para-hydroxylation sites is 1. The van der Waals surface area contributed by atoms with Crippen molar-refractivity contribution in [1.82, 2.24) is 4.98 Å². The molecule has 0 spiro atoms. The van der Waals surface area contributed by atoms with Crippen molar-refractivity contribution in [3.63, 3.8) is 0 Å². The topological polar surface area (TPSA) is 94.0 Å². The smallest absolute Gasteiger partial charge is 0.250 e. The molecular weight excluding hydrogens is 228 g/mol. The number of hydrogen-bond donors (Lipinski definition) is 3. The Kier molecular flexibility index (Phi) is 3.43. The lowest BCUT2D eigenvalue weighted by Gasteiger charge is -2.08. The maximum Gasteiger partial charge on any atom is 0.250 e. The Bertz CT molecular complexity index is 551. The molecule has 1 aromatic carbocycles. The largest absolute Gasteiger partial charge is 0.398 e. The number of amides is 1. The number of hydrogen-bond acceptors (Lipinski definition) is 4. The fourth-order valence-electron chi connectivity index (χ4n) is 1.53. The van der Waals surface area contributed by atoms with E-state index < -0.39 is 5.91 Å². The van der Waals surface area contributed by atoms with Gasteiger partial charge in [-0.3, -0.25) is 4.79 Å². The first-order valence-electron chi connectivity index (χ1n) is 5.50. The second-order valence-electron chi connectivity index (χ2n) is 3.85. The van der Waals surface area contributed by atoms with Gasteiger partial charge in [0.25, 0.3) is 0 Å². The Hall–Kier alpha value is -2.56. The minimum absolute atomic E-state index is 0.389. The lowest BCUT2D eigenvalue weighted by molar-refractivity contribution is 0.1000. The summed E-state index contributed by atoms with van der Waals surface area (Å²) in [6, 6.07) is 10.9. The Balaban J connectivity index is 2.02. The number of anilines is 2. The molecule has 1 aromatic heterocycles. The van der Waals surface area contributed by atoms with Gasteiger partial charge >= 0.3 is 0 Å². The lowest BCUT2D eigenvalue weighted by Crippen LogP contribution is -2.11. The van der Waals surface area contributed by atoms with Crippen LogP contribution in [0, 0.1) is 0 Å². The molecule has 0 bridgehead atoms. The van der Waals surface area contributed by atoms with Crippen molar-refractivity contribution < 1.29 is 4.79 Å². The summed E-state index contributed by atoms with van der Waals surface area (Å²) >= 11 is 0. The van der Waals surface area contributed by atoms with E-state index in [1.165, 1.54) is 6.20 Å². The third-order valence-electron chi connectivity index (χ3n) is 2.56. The number of nitrogens with zero attached hydrogens (tertiary/aromatic N) is 1. The van der Waals surface area contributed by atoms with Crippen molar-refractivity contribution in [2.75, 3.05) is 11.1 Å². The van der Waals surface area contributed by atoms with Gasteiger partial charge in [0.1, 0.15) is 5.82 Å². The van der Waals surface area contributed by atoms with Crippen LogP contribution in [0.3, 0.4) is 0 Å². The molecule has 0 atom stereocenters. The number of benzene rings is 1. The molecule has 0 aliphatic heterocycles. The van der Waals surface area contributed by atoms with Gasteiger partial charge < -0.3 is 16.8 Å². The maximum atomic E-state index is 10.9. The molecule has 0 radical (unpaired) electrons. The predicted octanol–water partition coefficient (Wildman–Crippen LogP) is 1.37. The first kappa shape index (κ1) is 11.9. The van der Waals surface area contributed by atoms with Crippen LogP contribution in [-0.2, 0) is 6.54 Å². The standard InChI is InChI=1S/C13H14N4O/c14-11-4-2-1-3-9(11)7-16-12-6-5-10(8-17-12)13(15)18/h1-6,8H,7,14H2,(H2,15,18)(H,16,17). The van der Waals surface area contributed by atoms with Crippen LogP contribution in [-0.4, -0.2) is 10.9 Å². The zero-order valence-corrected chi connectivity index (χ0v) is 9.76. The minimum atomic E-state index is -0.485. The molecule has 1 amide bonds. The van der Waals surface area contributed by atoms with Gasteiger partial charge in [0, 0.05) is 18.4 Å². The van der Waals surface area contributed by atoms with E-state index in [1.54, 1.807) is 12.1 Å². The van der Waals surface area contributed by atoms with Gasteiger partial charge in [0.15, 0.2) is 0 Å². The van der Waals surface area contributed by atoms with E-state index in [4.69, 9.17) is 11.5 Å². The first-order chi connectivity index (χ1) is 8.66. The average Bonchev–Trinajstić information content (AvgIpc) is 2.38. The van der Waals surface area contributed by atoms with E-state index in [0.717, 1.165) is 11.3 Å². The van der Waals surface area contributed by atoms with E-state index >= 15 is 0 Å². The number of nitrogen functional groups attached to an aromatic ring is 1. The van der Waals surface area contributed by atoms with E-state index in [1.807, 2.05) is 24.3 Å². The summed E-state index contributed by atoms with van der Waals surface area (Å²) in [5, 5.41) is 3.12. The van der Waals surface area contributed by atoms with Crippen LogP contribution in [0.5, 0.6) is 0 Å². The maximum absolute atomic E-state index is 10.9. The molecule has 1 heterocycles. The van der Waals surface area contributed by atoms with E-state index in [9.17, 15) is 4.79 Å². The number of nitrogens with two attached hydrogens (primary N) is 2. The normalized spacial score (nSPS) is 10.0. The summed E-state index contributed by atoms with van der Waals surface area (Å²) < 4.78 is 0. The van der Waals surface area contributed by atoms with Gasteiger partial charge in [-0.25, -0.2) is 4.98 Å². The fraction of sp³-hybridized carbons (Fsp3) is 0.0769. The molecule has 18 heavy (non-hydrogen) atoms. The summed E-state index contributed by atoms with van der Waals surface area (Å²) in [7, 11) is 0. The molecule has 92 valence electrons. The van der Waals surface area contributed by atoms with E-state index in [-0.39, 0.29) is 0 Å². The van der Waals surface area contributed by atoms with Crippen molar-refractivity contribution in [3.05, 3.63) is 53.7 Å². The molecule has 0 unspecified atom stereocenters. The summed E-state index contributed by atoms with van der Waals surface area (Å²) in [4.78, 5) is 15.0. The van der Waals surface area contributed by atoms with Crippen LogP contribution in [0.25, 0.3) is 0 Å². The van der Waals surface area contributed by atoms with Gasteiger partial charge in [0.05, 0.1) is 5.56 Å². The van der Waals surface area contributed by atoms with Crippen LogP contribution in [0.1, 0.15) is 15.9 Å². The van der Waals surface area contributed by atoms with Crippen LogP contribution >= 0.6 is 0 Å². The highest BCUT2D eigenvalue weighted by Crippen LogP contribution is 2.12. The number of rotatable bonds is 4. The van der Waals surface area contributed by atoms with Crippen molar-refractivity contribution in [3.8, 4) is 0 Å².